The smallest absolute Gasteiger partial charge is 0.319 e. The molecule has 1 aliphatic heterocycles. The van der Waals surface area contributed by atoms with Crippen molar-refractivity contribution in [3.05, 3.63) is 42.0 Å². The molecule has 132 valence electrons. The van der Waals surface area contributed by atoms with Gasteiger partial charge in [0.15, 0.2) is 0 Å². The molecule has 3 rings (SSSR count). The van der Waals surface area contributed by atoms with Gasteiger partial charge in [-0.1, -0.05) is 24.3 Å². The van der Waals surface area contributed by atoms with Gasteiger partial charge < -0.3 is 15.4 Å². The highest BCUT2D eigenvalue weighted by Gasteiger charge is 2.55. The van der Waals surface area contributed by atoms with E-state index in [4.69, 9.17) is 4.74 Å². The molecule has 2 atom stereocenters. The van der Waals surface area contributed by atoms with Crippen molar-refractivity contribution in [2.45, 2.75) is 39.2 Å². The Morgan fingerprint density at radius 3 is 2.79 bits per heavy atom. The number of nitrogens with one attached hydrogen (secondary N) is 2. The van der Waals surface area contributed by atoms with Crippen molar-refractivity contribution in [2.24, 2.45) is 11.3 Å². The average Bonchev–Trinajstić information content (AvgIpc) is 2.96. The molecule has 24 heavy (non-hydrogen) atoms. The van der Waals surface area contributed by atoms with Crippen molar-refractivity contribution in [3.8, 4) is 0 Å². The Morgan fingerprint density at radius 2 is 2.12 bits per heavy atom. The monoisotopic (exact) mass is 332 g/mol. The Kier molecular flexibility index (Phi) is 4.35. The van der Waals surface area contributed by atoms with Gasteiger partial charge in [-0.3, -0.25) is 4.79 Å². The third-order valence-electron chi connectivity index (χ3n) is 4.86. The Bertz CT molecular complexity index is 676. The molecule has 2 N–H and O–H groups in total. The number of benzene rings is 1. The molecule has 1 aromatic carbocycles. The van der Waals surface area contributed by atoms with Gasteiger partial charge in [-0.15, -0.1) is 0 Å². The zero-order valence-corrected chi connectivity index (χ0v) is 14.2. The van der Waals surface area contributed by atoms with Gasteiger partial charge in [-0.2, -0.15) is 0 Å². The highest BCUT2D eigenvalue weighted by molar-refractivity contribution is 5.89. The van der Waals surface area contributed by atoms with Gasteiger partial charge in [0.2, 0.25) is 0 Å². The molecule has 2 amide bonds. The molecule has 0 aromatic heterocycles. The molecule has 0 radical (unpaired) electrons. The van der Waals surface area contributed by atoms with Crippen molar-refractivity contribution >= 4 is 17.7 Å². The average molecular weight is 332 g/mol. The summed E-state index contributed by atoms with van der Waals surface area (Å²) in [6, 6.07) is 7.52. The van der Waals surface area contributed by atoms with Crippen molar-refractivity contribution in [1.82, 2.24) is 5.32 Å². The highest BCUT2D eigenvalue weighted by Crippen LogP contribution is 2.52. The molecule has 2 fully saturated rings. The fourth-order valence-corrected chi connectivity index (χ4v) is 3.76. The van der Waals surface area contributed by atoms with E-state index in [1.54, 1.807) is 0 Å². The van der Waals surface area contributed by atoms with E-state index in [0.29, 0.717) is 19.4 Å². The van der Waals surface area contributed by atoms with Crippen LogP contribution in [0.3, 0.4) is 0 Å². The number of urea groups is 1. The number of ether oxygens (including phenoxy) is 1. The number of allylic oxidation sites excluding steroid dienone is 1. The molecule has 1 aromatic rings. The molecule has 1 saturated carbocycles. The number of amides is 2. The van der Waals surface area contributed by atoms with Crippen LogP contribution in [0.2, 0.25) is 0 Å². The molecular weight excluding hydrogens is 304 g/mol. The largest absolute Gasteiger partial charge is 0.465 e. The number of hydrogen-bond acceptors (Lipinski definition) is 3. The number of hydrogen-bond donors (Lipinski definition) is 2. The van der Waals surface area contributed by atoms with Crippen molar-refractivity contribution in [3.63, 3.8) is 0 Å². The minimum atomic E-state index is -0.443. The molecule has 5 heteroatoms. The molecule has 0 spiro atoms. The molecule has 1 saturated heterocycles. The van der Waals surface area contributed by atoms with E-state index >= 15 is 0 Å². The van der Waals surface area contributed by atoms with Gasteiger partial charge in [-0.25, -0.2) is 4.79 Å². The summed E-state index contributed by atoms with van der Waals surface area (Å²) in [6.07, 6.45) is 2.25. The third-order valence-corrected chi connectivity index (χ3v) is 4.86. The lowest BCUT2D eigenvalue weighted by Crippen LogP contribution is -2.34. The second kappa shape index (κ2) is 6.30. The van der Waals surface area contributed by atoms with Gasteiger partial charge in [0.05, 0.1) is 12.0 Å². The number of carbonyl (C=O) groups is 2. The van der Waals surface area contributed by atoms with Crippen LogP contribution in [0, 0.1) is 11.3 Å². The van der Waals surface area contributed by atoms with Crippen LogP contribution >= 0.6 is 0 Å². The Labute approximate surface area is 145 Å². The Balaban J connectivity index is 0.00000169. The molecule has 0 bridgehead atoms. The van der Waals surface area contributed by atoms with Crippen LogP contribution < -0.4 is 10.6 Å². The summed E-state index contributed by atoms with van der Waals surface area (Å²) in [7, 11) is 0. The second-order valence-electron chi connectivity index (χ2n) is 7.21. The Morgan fingerprint density at radius 1 is 1.42 bits per heavy atom. The van der Waals surface area contributed by atoms with Gasteiger partial charge in [0.1, 0.15) is 0 Å². The lowest BCUT2D eigenvalue weighted by atomic mass is 9.75. The fourth-order valence-electron chi connectivity index (χ4n) is 3.76. The standard InChI is InChI=1S/C19H24N2O3.2H2/c1-12(2)20-18(23)21-16-6-4-14(5-7-16)10-19-9-13(3)8-15(19)11-24-17(19)22;;/h4-7,12,15H,3,8-11H2,1-2H3,(H2,20,21,23);2*1H. The first kappa shape index (κ1) is 16.6. The van der Waals surface area contributed by atoms with E-state index in [1.165, 1.54) is 0 Å². The second-order valence-corrected chi connectivity index (χ2v) is 7.21. The number of rotatable bonds is 4. The van der Waals surface area contributed by atoms with E-state index in [9.17, 15) is 9.59 Å². The summed E-state index contributed by atoms with van der Waals surface area (Å²) < 4.78 is 5.31. The van der Waals surface area contributed by atoms with Crippen molar-refractivity contribution in [2.75, 3.05) is 11.9 Å². The van der Waals surface area contributed by atoms with Crippen LogP contribution in [0.1, 0.15) is 35.1 Å². The van der Waals surface area contributed by atoms with Crippen molar-refractivity contribution in [1.29, 1.82) is 0 Å². The van der Waals surface area contributed by atoms with Gasteiger partial charge in [-0.05, 0) is 50.8 Å². The quantitative estimate of drug-likeness (QED) is 0.651. The Hall–Kier alpha value is -2.30. The van der Waals surface area contributed by atoms with Crippen LogP contribution in [-0.2, 0) is 16.0 Å². The maximum absolute atomic E-state index is 12.3. The number of esters is 1. The lowest BCUT2D eigenvalue weighted by molar-refractivity contribution is -0.146. The predicted molar refractivity (Wildman–Crippen MR) is 96.9 cm³/mol. The number of fused-ring (bicyclic) bond motifs is 1. The van der Waals surface area contributed by atoms with Crippen LogP contribution in [-0.4, -0.2) is 24.6 Å². The maximum atomic E-state index is 12.3. The molecular formula is C19H28N2O3. The predicted octanol–water partition coefficient (Wildman–Crippen LogP) is 3.76. The summed E-state index contributed by atoms with van der Waals surface area (Å²) >= 11 is 0. The molecule has 2 aliphatic rings. The first-order valence-electron chi connectivity index (χ1n) is 8.39. The summed E-state index contributed by atoms with van der Waals surface area (Å²) in [5.74, 6) is 0.150. The van der Waals surface area contributed by atoms with Crippen LogP contribution in [0.5, 0.6) is 0 Å². The van der Waals surface area contributed by atoms with Crippen LogP contribution in [0.25, 0.3) is 0 Å². The van der Waals surface area contributed by atoms with E-state index in [-0.39, 0.29) is 26.8 Å². The minimum Gasteiger partial charge on any atom is -0.465 e. The van der Waals surface area contributed by atoms with E-state index < -0.39 is 5.41 Å². The lowest BCUT2D eigenvalue weighted by Gasteiger charge is -2.24. The number of cyclic esters (lactones) is 1. The van der Waals surface area contributed by atoms with Gasteiger partial charge in [0, 0.05) is 20.5 Å². The summed E-state index contributed by atoms with van der Waals surface area (Å²) in [6.45, 7) is 8.40. The fraction of sp³-hybridized carbons (Fsp3) is 0.474. The molecule has 2 unspecified atom stereocenters. The van der Waals surface area contributed by atoms with E-state index in [1.807, 2.05) is 38.1 Å². The topological polar surface area (TPSA) is 67.4 Å². The zero-order chi connectivity index (χ0) is 17.3. The summed E-state index contributed by atoms with van der Waals surface area (Å²) in [5.41, 5.74) is 2.50. The van der Waals surface area contributed by atoms with Crippen molar-refractivity contribution < 1.29 is 17.2 Å². The maximum Gasteiger partial charge on any atom is 0.319 e. The number of anilines is 1. The molecule has 1 aliphatic carbocycles. The minimum absolute atomic E-state index is 0. The summed E-state index contributed by atoms with van der Waals surface area (Å²) in [5, 5.41) is 5.58. The first-order valence-corrected chi connectivity index (χ1v) is 8.39. The van der Waals surface area contributed by atoms with E-state index in [2.05, 4.69) is 17.2 Å². The van der Waals surface area contributed by atoms with Gasteiger partial charge in [0.25, 0.3) is 0 Å². The molecule has 5 nitrogen and oxygen atoms in total. The van der Waals surface area contributed by atoms with Gasteiger partial charge >= 0.3 is 12.0 Å². The van der Waals surface area contributed by atoms with Crippen LogP contribution in [0.4, 0.5) is 10.5 Å². The summed E-state index contributed by atoms with van der Waals surface area (Å²) in [4.78, 5) is 24.0. The normalized spacial score (nSPS) is 25.5. The SMILES string of the molecule is C=C1CC2COC(=O)C2(Cc2ccc(NC(=O)NC(C)C)cc2)C1.[HH].[HH]. The van der Waals surface area contributed by atoms with Crippen LogP contribution in [0.15, 0.2) is 36.4 Å². The number of carbonyl (C=O) groups excluding carboxylic acids is 2. The first-order chi connectivity index (χ1) is 11.4. The zero-order valence-electron chi connectivity index (χ0n) is 14.2. The molecule has 1 heterocycles. The highest BCUT2D eigenvalue weighted by atomic mass is 16.5. The van der Waals surface area contributed by atoms with E-state index in [0.717, 1.165) is 23.2 Å². The third kappa shape index (κ3) is 3.16.